The molecule has 0 fully saturated rings. The van der Waals surface area contributed by atoms with E-state index in [1.807, 2.05) is 13.8 Å². The number of benzene rings is 1. The summed E-state index contributed by atoms with van der Waals surface area (Å²) in [6.45, 7) is 4.30. The number of carboxylic acid groups (broad SMARTS) is 1. The summed E-state index contributed by atoms with van der Waals surface area (Å²) in [6, 6.07) is 4.62. The van der Waals surface area contributed by atoms with Gasteiger partial charge in [-0.1, -0.05) is 49.5 Å². The van der Waals surface area contributed by atoms with Crippen molar-refractivity contribution in [3.8, 4) is 0 Å². The van der Waals surface area contributed by atoms with Crippen LogP contribution in [0.1, 0.15) is 25.8 Å². The average Bonchev–Trinajstić information content (AvgIpc) is 2.31. The molecule has 0 radical (unpaired) electrons. The predicted octanol–water partition coefficient (Wildman–Crippen LogP) is 3.58. The second-order valence-corrected chi connectivity index (χ2v) is 5.16. The highest BCUT2D eigenvalue weighted by atomic mass is 35.5. The fraction of sp³-hybridized carbons (Fsp3) is 0.462. The lowest BCUT2D eigenvalue weighted by atomic mass is 9.99. The van der Waals surface area contributed by atoms with E-state index in [-0.39, 0.29) is 5.92 Å². The quantitative estimate of drug-likeness (QED) is 0.842. The van der Waals surface area contributed by atoms with Crippen LogP contribution in [0.2, 0.25) is 10.0 Å². The average molecular weight is 290 g/mol. The van der Waals surface area contributed by atoms with Gasteiger partial charge in [0, 0.05) is 16.6 Å². The molecule has 0 aliphatic heterocycles. The van der Waals surface area contributed by atoms with Gasteiger partial charge < -0.3 is 10.4 Å². The smallest absolute Gasteiger partial charge is 0.320 e. The zero-order chi connectivity index (χ0) is 13.7. The molecule has 18 heavy (non-hydrogen) atoms. The van der Waals surface area contributed by atoms with Crippen LogP contribution in [0.15, 0.2) is 18.2 Å². The molecule has 100 valence electrons. The molecule has 0 saturated carbocycles. The Hall–Kier alpha value is -0.770. The number of aliphatic carboxylic acids is 1. The second kappa shape index (κ2) is 6.98. The lowest BCUT2D eigenvalue weighted by molar-refractivity contribution is -0.140. The summed E-state index contributed by atoms with van der Waals surface area (Å²) in [5.74, 6) is -0.775. The SMILES string of the molecule is CCC(C)C(NCc1ccc(Cl)cc1Cl)C(=O)O. The van der Waals surface area contributed by atoms with Crippen LogP contribution >= 0.6 is 23.2 Å². The number of hydrogen-bond acceptors (Lipinski definition) is 2. The van der Waals surface area contributed by atoms with Crippen molar-refractivity contribution in [2.24, 2.45) is 5.92 Å². The zero-order valence-electron chi connectivity index (χ0n) is 10.4. The molecule has 0 amide bonds. The molecule has 0 aliphatic carbocycles. The Labute approximate surface area is 117 Å². The highest BCUT2D eigenvalue weighted by Crippen LogP contribution is 2.21. The highest BCUT2D eigenvalue weighted by Gasteiger charge is 2.22. The minimum absolute atomic E-state index is 0.0635. The summed E-state index contributed by atoms with van der Waals surface area (Å²) in [5, 5.41) is 13.3. The van der Waals surface area contributed by atoms with Crippen LogP contribution in [0.5, 0.6) is 0 Å². The summed E-state index contributed by atoms with van der Waals surface area (Å²) in [4.78, 5) is 11.1. The molecule has 3 nitrogen and oxygen atoms in total. The summed E-state index contributed by atoms with van der Waals surface area (Å²) in [6.07, 6.45) is 0.804. The minimum Gasteiger partial charge on any atom is -0.480 e. The molecule has 1 rings (SSSR count). The largest absolute Gasteiger partial charge is 0.480 e. The first-order chi connectivity index (χ1) is 8.45. The van der Waals surface area contributed by atoms with Crippen molar-refractivity contribution in [1.29, 1.82) is 0 Å². The van der Waals surface area contributed by atoms with E-state index >= 15 is 0 Å². The van der Waals surface area contributed by atoms with Gasteiger partial charge in [0.2, 0.25) is 0 Å². The molecule has 0 bridgehead atoms. The number of halogens is 2. The molecule has 0 saturated heterocycles. The van der Waals surface area contributed by atoms with Crippen LogP contribution < -0.4 is 5.32 Å². The van der Waals surface area contributed by atoms with Crippen molar-refractivity contribution in [2.45, 2.75) is 32.9 Å². The van der Waals surface area contributed by atoms with Gasteiger partial charge in [-0.3, -0.25) is 4.79 Å². The zero-order valence-corrected chi connectivity index (χ0v) is 11.9. The lowest BCUT2D eigenvalue weighted by Gasteiger charge is -2.20. The van der Waals surface area contributed by atoms with Gasteiger partial charge in [0.1, 0.15) is 6.04 Å². The van der Waals surface area contributed by atoms with E-state index in [1.165, 1.54) is 0 Å². The van der Waals surface area contributed by atoms with Gasteiger partial charge in [0.15, 0.2) is 0 Å². The van der Waals surface area contributed by atoms with E-state index < -0.39 is 12.0 Å². The molecule has 0 aromatic heterocycles. The van der Waals surface area contributed by atoms with Crippen molar-refractivity contribution >= 4 is 29.2 Å². The van der Waals surface area contributed by atoms with Crippen LogP contribution in [-0.2, 0) is 11.3 Å². The third-order valence-corrected chi connectivity index (χ3v) is 3.59. The summed E-state index contributed by atoms with van der Waals surface area (Å²) < 4.78 is 0. The Morgan fingerprint density at radius 2 is 2.11 bits per heavy atom. The number of rotatable bonds is 6. The fourth-order valence-corrected chi connectivity index (χ4v) is 2.13. The Bertz CT molecular complexity index is 423. The number of carbonyl (C=O) groups is 1. The summed E-state index contributed by atoms with van der Waals surface area (Å²) >= 11 is 11.8. The van der Waals surface area contributed by atoms with Crippen molar-refractivity contribution < 1.29 is 9.90 Å². The Morgan fingerprint density at radius 1 is 1.44 bits per heavy atom. The van der Waals surface area contributed by atoms with E-state index in [9.17, 15) is 4.79 Å². The van der Waals surface area contributed by atoms with E-state index in [0.717, 1.165) is 12.0 Å². The van der Waals surface area contributed by atoms with Crippen molar-refractivity contribution in [3.63, 3.8) is 0 Å². The first-order valence-electron chi connectivity index (χ1n) is 5.85. The van der Waals surface area contributed by atoms with Gasteiger partial charge in [0.05, 0.1) is 0 Å². The first kappa shape index (κ1) is 15.3. The molecule has 0 heterocycles. The van der Waals surface area contributed by atoms with E-state index in [4.69, 9.17) is 28.3 Å². The van der Waals surface area contributed by atoms with Gasteiger partial charge >= 0.3 is 5.97 Å². The predicted molar refractivity (Wildman–Crippen MR) is 74.2 cm³/mol. The molecule has 2 atom stereocenters. The van der Waals surface area contributed by atoms with Gasteiger partial charge in [-0.15, -0.1) is 0 Å². The van der Waals surface area contributed by atoms with Crippen LogP contribution in [0, 0.1) is 5.92 Å². The van der Waals surface area contributed by atoms with Gasteiger partial charge in [0.25, 0.3) is 0 Å². The first-order valence-corrected chi connectivity index (χ1v) is 6.61. The van der Waals surface area contributed by atoms with Gasteiger partial charge in [-0.25, -0.2) is 0 Å². The van der Waals surface area contributed by atoms with Crippen molar-refractivity contribution in [1.82, 2.24) is 5.32 Å². The Morgan fingerprint density at radius 3 is 2.61 bits per heavy atom. The highest BCUT2D eigenvalue weighted by molar-refractivity contribution is 6.35. The molecule has 5 heteroatoms. The fourth-order valence-electron chi connectivity index (χ4n) is 1.65. The topological polar surface area (TPSA) is 49.3 Å². The summed E-state index contributed by atoms with van der Waals surface area (Å²) in [7, 11) is 0. The van der Waals surface area contributed by atoms with Crippen molar-refractivity contribution in [2.75, 3.05) is 0 Å². The third-order valence-electron chi connectivity index (χ3n) is 3.01. The lowest BCUT2D eigenvalue weighted by Crippen LogP contribution is -2.41. The number of carboxylic acids is 1. The van der Waals surface area contributed by atoms with Gasteiger partial charge in [-0.2, -0.15) is 0 Å². The Kier molecular flexibility index (Phi) is 5.93. The second-order valence-electron chi connectivity index (χ2n) is 4.32. The van der Waals surface area contributed by atoms with E-state index in [0.29, 0.717) is 16.6 Å². The summed E-state index contributed by atoms with van der Waals surface area (Å²) in [5.41, 5.74) is 0.843. The molecule has 0 aliphatic rings. The molecule has 1 aromatic carbocycles. The number of hydrogen-bond donors (Lipinski definition) is 2. The van der Waals surface area contributed by atoms with Crippen LogP contribution in [0.3, 0.4) is 0 Å². The molecule has 2 unspecified atom stereocenters. The standard InChI is InChI=1S/C13H17Cl2NO2/c1-3-8(2)12(13(17)18)16-7-9-4-5-10(14)6-11(9)15/h4-6,8,12,16H,3,7H2,1-2H3,(H,17,18). The monoisotopic (exact) mass is 289 g/mol. The van der Waals surface area contributed by atoms with Gasteiger partial charge in [-0.05, 0) is 23.6 Å². The van der Waals surface area contributed by atoms with Crippen LogP contribution in [0.4, 0.5) is 0 Å². The third kappa shape index (κ3) is 4.16. The number of nitrogens with one attached hydrogen (secondary N) is 1. The van der Waals surface area contributed by atoms with Crippen molar-refractivity contribution in [3.05, 3.63) is 33.8 Å². The normalized spacial score (nSPS) is 14.2. The molecule has 0 spiro atoms. The minimum atomic E-state index is -0.838. The maximum atomic E-state index is 11.1. The van der Waals surface area contributed by atoms with Crippen LogP contribution in [-0.4, -0.2) is 17.1 Å². The Balaban J connectivity index is 2.70. The molecular formula is C13H17Cl2NO2. The maximum Gasteiger partial charge on any atom is 0.320 e. The molecule has 1 aromatic rings. The molecule has 2 N–H and O–H groups in total. The van der Waals surface area contributed by atoms with E-state index in [2.05, 4.69) is 5.32 Å². The van der Waals surface area contributed by atoms with Crippen LogP contribution in [0.25, 0.3) is 0 Å². The molecular weight excluding hydrogens is 273 g/mol. The maximum absolute atomic E-state index is 11.1. The van der Waals surface area contributed by atoms with E-state index in [1.54, 1.807) is 18.2 Å².